The van der Waals surface area contributed by atoms with E-state index in [-0.39, 0.29) is 46.2 Å². The molecule has 1 unspecified atom stereocenters. The van der Waals surface area contributed by atoms with Gasteiger partial charge in [-0.05, 0) is 36.8 Å². The average Bonchev–Trinajstić information content (AvgIpc) is 3.36. The monoisotopic (exact) mass is 629 g/mol. The molecule has 1 N–H and O–H groups in total. The van der Waals surface area contributed by atoms with Crippen molar-refractivity contribution < 1.29 is 36.7 Å². The lowest BCUT2D eigenvalue weighted by molar-refractivity contribution is -0.133. The van der Waals surface area contributed by atoms with Crippen molar-refractivity contribution in [3.8, 4) is 11.8 Å². The van der Waals surface area contributed by atoms with Crippen LogP contribution in [0.1, 0.15) is 42.9 Å². The Labute approximate surface area is 254 Å². The van der Waals surface area contributed by atoms with Crippen LogP contribution in [-0.2, 0) is 14.4 Å². The number of halogens is 5. The number of carbonyl (C=O) groups is 3. The van der Waals surface area contributed by atoms with Crippen molar-refractivity contribution >= 4 is 40.8 Å². The van der Waals surface area contributed by atoms with Gasteiger partial charge in [-0.1, -0.05) is 35.9 Å². The molecule has 0 bridgehead atoms. The van der Waals surface area contributed by atoms with Crippen LogP contribution in [0.3, 0.4) is 0 Å². The van der Waals surface area contributed by atoms with Crippen LogP contribution in [0.15, 0.2) is 66.9 Å². The number of ether oxygens (including phenoxy) is 1. The lowest BCUT2D eigenvalue weighted by Gasteiger charge is -2.39. The summed E-state index contributed by atoms with van der Waals surface area (Å²) in [5.41, 5.74) is 0.233. The quantitative estimate of drug-likeness (QED) is 0.317. The van der Waals surface area contributed by atoms with Gasteiger partial charge in [-0.2, -0.15) is 14.0 Å². The first-order valence-electron chi connectivity index (χ1n) is 13.5. The molecule has 2 fully saturated rings. The molecule has 14 heteroatoms. The fraction of sp³-hybridized carbons (Fsp3) is 0.300. The van der Waals surface area contributed by atoms with E-state index < -0.39 is 61.2 Å². The van der Waals surface area contributed by atoms with Crippen LogP contribution in [0.2, 0.25) is 5.02 Å². The predicted octanol–water partition coefficient (Wildman–Crippen LogP) is 5.39. The van der Waals surface area contributed by atoms with Crippen LogP contribution in [0.25, 0.3) is 0 Å². The van der Waals surface area contributed by atoms with E-state index >= 15 is 0 Å². The number of anilines is 2. The Balaban J connectivity index is 1.63. The molecule has 9 nitrogen and oxygen atoms in total. The van der Waals surface area contributed by atoms with Gasteiger partial charge in [0.2, 0.25) is 11.8 Å². The number of aromatic nitrogens is 1. The second-order valence-corrected chi connectivity index (χ2v) is 10.7. The van der Waals surface area contributed by atoms with Gasteiger partial charge in [-0.3, -0.25) is 24.2 Å². The molecule has 1 saturated heterocycles. The van der Waals surface area contributed by atoms with Crippen LogP contribution < -0.4 is 19.9 Å². The summed E-state index contributed by atoms with van der Waals surface area (Å²) >= 11 is 6.50. The summed E-state index contributed by atoms with van der Waals surface area (Å²) in [6.45, 7) is -3.20. The first-order chi connectivity index (χ1) is 21.0. The minimum Gasteiger partial charge on any atom is -0.435 e. The normalized spacial score (nSPS) is 18.3. The highest BCUT2D eigenvalue weighted by atomic mass is 35.5. The Morgan fingerprint density at radius 3 is 2.57 bits per heavy atom. The number of nitriles is 1. The summed E-state index contributed by atoms with van der Waals surface area (Å²) in [6.07, 6.45) is 0.0120. The van der Waals surface area contributed by atoms with Gasteiger partial charge in [0.15, 0.2) is 0 Å². The maximum absolute atomic E-state index is 14.6. The number of hydrogen-bond donors (Lipinski definition) is 1. The van der Waals surface area contributed by atoms with Crippen LogP contribution >= 0.6 is 11.6 Å². The Bertz CT molecular complexity index is 1630. The second-order valence-electron chi connectivity index (χ2n) is 10.3. The van der Waals surface area contributed by atoms with Gasteiger partial charge in [0.05, 0.1) is 11.6 Å². The predicted molar refractivity (Wildman–Crippen MR) is 150 cm³/mol. The molecular weight excluding hydrogens is 606 g/mol. The van der Waals surface area contributed by atoms with Crippen molar-refractivity contribution in [2.24, 2.45) is 0 Å². The molecular formula is C30H24ClF4N5O4. The molecule has 2 heterocycles. The molecule has 44 heavy (non-hydrogen) atoms. The zero-order chi connectivity index (χ0) is 31.6. The lowest BCUT2D eigenvalue weighted by Crippen LogP contribution is -2.56. The van der Waals surface area contributed by atoms with E-state index in [1.807, 2.05) is 6.07 Å². The molecule has 3 aromatic rings. The number of nitrogens with one attached hydrogen (secondary N) is 1. The maximum atomic E-state index is 14.6. The Morgan fingerprint density at radius 2 is 1.89 bits per heavy atom. The number of amides is 3. The topological polar surface area (TPSA) is 116 Å². The maximum Gasteiger partial charge on any atom is 0.387 e. The Morgan fingerprint density at radius 1 is 1.14 bits per heavy atom. The molecule has 2 aromatic carbocycles. The van der Waals surface area contributed by atoms with E-state index in [2.05, 4.69) is 15.0 Å². The number of hydrogen-bond acceptors (Lipinski definition) is 6. The highest BCUT2D eigenvalue weighted by Crippen LogP contribution is 2.40. The largest absolute Gasteiger partial charge is 0.435 e. The number of benzene rings is 2. The Kier molecular flexibility index (Phi) is 8.73. The summed E-state index contributed by atoms with van der Waals surface area (Å²) < 4.78 is 58.1. The van der Waals surface area contributed by atoms with E-state index in [0.717, 1.165) is 15.9 Å². The van der Waals surface area contributed by atoms with Crippen LogP contribution in [-0.4, -0.2) is 47.3 Å². The highest BCUT2D eigenvalue weighted by Gasteiger charge is 2.48. The number of pyridine rings is 1. The van der Waals surface area contributed by atoms with Crippen molar-refractivity contribution in [1.29, 1.82) is 5.26 Å². The van der Waals surface area contributed by atoms with E-state index in [1.54, 1.807) is 12.1 Å². The van der Waals surface area contributed by atoms with Crippen LogP contribution in [0.5, 0.6) is 5.75 Å². The first-order valence-corrected chi connectivity index (χ1v) is 13.8. The standard InChI is InChI=1S/C30H24ClF4N5O4/c31-22-7-2-1-6-21(22)26(27(42)38-18-14-30(34,35)15-18)39(19-4-3-5-20(13-19)44-29(32)33)28(43)23-8-9-25(41)40(23)24-12-17(16-36)10-11-37-24/h1-7,10-13,18,23,26,29H,8-9,14-15H2,(H,38,42)/t23-,26?/m0/s1. The Hall–Kier alpha value is -4.70. The number of carbonyl (C=O) groups excluding carboxylic acids is 3. The van der Waals surface area contributed by atoms with Crippen molar-refractivity contribution in [2.45, 2.75) is 56.3 Å². The van der Waals surface area contributed by atoms with Crippen molar-refractivity contribution in [3.63, 3.8) is 0 Å². The van der Waals surface area contributed by atoms with Crippen molar-refractivity contribution in [1.82, 2.24) is 10.3 Å². The molecule has 0 radical (unpaired) electrons. The van der Waals surface area contributed by atoms with Gasteiger partial charge in [0, 0.05) is 53.8 Å². The van der Waals surface area contributed by atoms with E-state index in [1.165, 1.54) is 48.7 Å². The summed E-state index contributed by atoms with van der Waals surface area (Å²) in [6, 6.07) is 12.1. The van der Waals surface area contributed by atoms with Crippen molar-refractivity contribution in [3.05, 3.63) is 83.0 Å². The fourth-order valence-electron chi connectivity index (χ4n) is 5.34. The summed E-state index contributed by atoms with van der Waals surface area (Å²) in [5.74, 6) is -5.40. The molecule has 2 atom stereocenters. The molecule has 1 aromatic heterocycles. The van der Waals surface area contributed by atoms with Gasteiger partial charge < -0.3 is 10.1 Å². The van der Waals surface area contributed by atoms with Gasteiger partial charge >= 0.3 is 6.61 Å². The second kappa shape index (κ2) is 12.5. The molecule has 228 valence electrons. The zero-order valence-electron chi connectivity index (χ0n) is 22.8. The molecule has 3 amide bonds. The lowest BCUT2D eigenvalue weighted by atomic mass is 9.87. The van der Waals surface area contributed by atoms with Gasteiger partial charge in [-0.15, -0.1) is 0 Å². The minimum absolute atomic E-state index is 0.00837. The number of nitrogens with zero attached hydrogens (tertiary/aromatic N) is 4. The van der Waals surface area contributed by atoms with Crippen LogP contribution in [0, 0.1) is 11.3 Å². The fourth-order valence-corrected chi connectivity index (χ4v) is 5.58. The molecule has 2 aliphatic rings. The third kappa shape index (κ3) is 6.45. The molecule has 5 rings (SSSR count). The first kappa shape index (κ1) is 30.7. The molecule has 1 aliphatic heterocycles. The van der Waals surface area contributed by atoms with Gasteiger partial charge in [0.1, 0.15) is 23.7 Å². The molecule has 1 saturated carbocycles. The number of rotatable bonds is 9. The van der Waals surface area contributed by atoms with Gasteiger partial charge in [-0.25, -0.2) is 13.8 Å². The highest BCUT2D eigenvalue weighted by molar-refractivity contribution is 6.31. The SMILES string of the molecule is N#Cc1ccnc(N2C(=O)CC[C@H]2C(=O)N(c2cccc(OC(F)F)c2)C(C(=O)NC2CC(F)(F)C2)c2ccccc2Cl)c1. The van der Waals surface area contributed by atoms with Crippen LogP contribution in [0.4, 0.5) is 29.1 Å². The van der Waals surface area contributed by atoms with E-state index in [0.29, 0.717) is 0 Å². The zero-order valence-corrected chi connectivity index (χ0v) is 23.6. The summed E-state index contributed by atoms with van der Waals surface area (Å²) in [5, 5.41) is 12.0. The van der Waals surface area contributed by atoms with E-state index in [9.17, 15) is 37.2 Å². The molecule has 1 aliphatic carbocycles. The summed E-state index contributed by atoms with van der Waals surface area (Å²) in [4.78, 5) is 47.8. The third-order valence-corrected chi connectivity index (χ3v) is 7.66. The summed E-state index contributed by atoms with van der Waals surface area (Å²) in [7, 11) is 0. The average molecular weight is 630 g/mol. The smallest absolute Gasteiger partial charge is 0.387 e. The van der Waals surface area contributed by atoms with Gasteiger partial charge in [0.25, 0.3) is 11.8 Å². The van der Waals surface area contributed by atoms with E-state index in [4.69, 9.17) is 11.6 Å². The van der Waals surface area contributed by atoms with Crippen molar-refractivity contribution in [2.75, 3.05) is 9.80 Å². The number of alkyl halides is 4. The third-order valence-electron chi connectivity index (χ3n) is 7.32. The minimum atomic E-state index is -3.20. The molecule has 0 spiro atoms.